The van der Waals surface area contributed by atoms with E-state index in [0.29, 0.717) is 40.2 Å². The van der Waals surface area contributed by atoms with E-state index in [1.54, 1.807) is 13.0 Å². The van der Waals surface area contributed by atoms with E-state index in [1.165, 1.54) is 0 Å². The molecule has 3 rings (SSSR count). The molecule has 2 aromatic rings. The number of nitrogens with zero attached hydrogens (tertiary/aromatic N) is 1. The number of halogens is 2. The van der Waals surface area contributed by atoms with Crippen LogP contribution in [0.2, 0.25) is 5.02 Å². The van der Waals surface area contributed by atoms with Gasteiger partial charge in [0.1, 0.15) is 17.0 Å². The average molecular weight is 356 g/mol. The summed E-state index contributed by atoms with van der Waals surface area (Å²) in [6.45, 7) is 3.35. The molecule has 1 atom stereocenters. The summed E-state index contributed by atoms with van der Waals surface area (Å²) in [6, 6.07) is 7.63. The summed E-state index contributed by atoms with van der Waals surface area (Å²) in [4.78, 5) is 12.5. The van der Waals surface area contributed by atoms with E-state index in [2.05, 4.69) is 15.8 Å². The largest absolute Gasteiger partial charge is 0.360 e. The number of amides is 1. The molecule has 1 aliphatic heterocycles. The normalized spacial score (nSPS) is 16.9. The fraction of sp³-hybridized carbons (Fsp3) is 0.375. The van der Waals surface area contributed by atoms with E-state index in [4.69, 9.17) is 16.1 Å². The van der Waals surface area contributed by atoms with Gasteiger partial charge in [-0.05, 0) is 32.4 Å². The van der Waals surface area contributed by atoms with E-state index in [-0.39, 0.29) is 18.3 Å². The predicted molar refractivity (Wildman–Crippen MR) is 92.3 cm³/mol. The molecule has 1 amide bonds. The number of benzene rings is 1. The first-order valence-electron chi connectivity index (χ1n) is 7.39. The number of hydrogen-bond donors (Lipinski definition) is 2. The molecule has 0 radical (unpaired) electrons. The van der Waals surface area contributed by atoms with E-state index in [1.807, 2.05) is 18.2 Å². The second-order valence-corrected chi connectivity index (χ2v) is 5.85. The molecular formula is C16H19Cl2N3O2. The van der Waals surface area contributed by atoms with E-state index in [0.717, 1.165) is 19.4 Å². The monoisotopic (exact) mass is 355 g/mol. The Balaban J connectivity index is 0.00000192. The third kappa shape index (κ3) is 3.86. The molecule has 0 saturated carbocycles. The molecule has 7 heteroatoms. The third-order valence-electron chi connectivity index (χ3n) is 3.89. The summed E-state index contributed by atoms with van der Waals surface area (Å²) in [6.07, 6.45) is 2.23. The molecule has 1 aromatic carbocycles. The summed E-state index contributed by atoms with van der Waals surface area (Å²) in [7, 11) is 0. The second-order valence-electron chi connectivity index (χ2n) is 5.45. The number of rotatable bonds is 4. The van der Waals surface area contributed by atoms with Gasteiger partial charge < -0.3 is 15.2 Å². The smallest absolute Gasteiger partial charge is 0.257 e. The molecule has 0 bridgehead atoms. The van der Waals surface area contributed by atoms with E-state index < -0.39 is 0 Å². The van der Waals surface area contributed by atoms with Crippen LogP contribution in [0.3, 0.4) is 0 Å². The van der Waals surface area contributed by atoms with Crippen molar-refractivity contribution in [3.05, 3.63) is 40.6 Å². The molecule has 23 heavy (non-hydrogen) atoms. The maximum atomic E-state index is 12.5. The minimum Gasteiger partial charge on any atom is -0.360 e. The Morgan fingerprint density at radius 3 is 2.96 bits per heavy atom. The van der Waals surface area contributed by atoms with Crippen molar-refractivity contribution in [3.63, 3.8) is 0 Å². The van der Waals surface area contributed by atoms with Crippen LogP contribution in [0.15, 0.2) is 28.8 Å². The molecule has 0 spiro atoms. The summed E-state index contributed by atoms with van der Waals surface area (Å²) >= 11 is 6.20. The van der Waals surface area contributed by atoms with Gasteiger partial charge in [0.05, 0.1) is 5.02 Å². The minimum atomic E-state index is -0.178. The lowest BCUT2D eigenvalue weighted by Crippen LogP contribution is -2.37. The Morgan fingerprint density at radius 1 is 1.48 bits per heavy atom. The summed E-state index contributed by atoms with van der Waals surface area (Å²) in [5, 5.41) is 10.9. The van der Waals surface area contributed by atoms with Gasteiger partial charge in [-0.3, -0.25) is 4.79 Å². The van der Waals surface area contributed by atoms with Gasteiger partial charge in [-0.25, -0.2) is 0 Å². The Kier molecular flexibility index (Phi) is 6.04. The van der Waals surface area contributed by atoms with Gasteiger partial charge in [-0.2, -0.15) is 0 Å². The summed E-state index contributed by atoms with van der Waals surface area (Å²) in [5.41, 5.74) is 1.64. The number of aryl methyl sites for hydroxylation is 1. The molecule has 1 aromatic heterocycles. The third-order valence-corrected chi connectivity index (χ3v) is 4.22. The maximum Gasteiger partial charge on any atom is 0.257 e. The molecule has 1 unspecified atom stereocenters. The second kappa shape index (κ2) is 7.81. The highest BCUT2D eigenvalue weighted by Crippen LogP contribution is 2.30. The van der Waals surface area contributed by atoms with Crippen LogP contribution in [-0.2, 0) is 0 Å². The first-order valence-corrected chi connectivity index (χ1v) is 7.77. The van der Waals surface area contributed by atoms with Crippen molar-refractivity contribution < 1.29 is 9.32 Å². The van der Waals surface area contributed by atoms with Gasteiger partial charge in [0.2, 0.25) is 0 Å². The van der Waals surface area contributed by atoms with Crippen LogP contribution in [0, 0.1) is 6.92 Å². The lowest BCUT2D eigenvalue weighted by molar-refractivity contribution is 0.0949. The Hall–Kier alpha value is -1.56. The predicted octanol–water partition coefficient (Wildman–Crippen LogP) is 3.21. The SMILES string of the molecule is Cc1onc(-c2ccccc2Cl)c1C(=O)NCC1CCCN1.Cl. The number of nitrogens with one attached hydrogen (secondary N) is 2. The molecular weight excluding hydrogens is 337 g/mol. The molecule has 5 nitrogen and oxygen atoms in total. The Bertz CT molecular complexity index is 682. The van der Waals surface area contributed by atoms with Crippen LogP contribution in [0.1, 0.15) is 29.0 Å². The van der Waals surface area contributed by atoms with Gasteiger partial charge >= 0.3 is 0 Å². The Morgan fingerprint density at radius 2 is 2.26 bits per heavy atom. The molecule has 1 fully saturated rings. The van der Waals surface area contributed by atoms with Crippen LogP contribution in [-0.4, -0.2) is 30.2 Å². The topological polar surface area (TPSA) is 67.2 Å². The standard InChI is InChI=1S/C16H18ClN3O2.ClH/c1-10-14(16(21)19-9-11-5-4-8-18-11)15(20-22-10)12-6-2-3-7-13(12)17;/h2-3,6-7,11,18H,4-5,8-9H2,1H3,(H,19,21);1H. The minimum absolute atomic E-state index is 0. The Labute approximate surface area is 146 Å². The molecule has 1 aliphatic rings. The van der Waals surface area contributed by atoms with Gasteiger partial charge in [0.15, 0.2) is 0 Å². The van der Waals surface area contributed by atoms with Crippen molar-refractivity contribution in [2.24, 2.45) is 0 Å². The van der Waals surface area contributed by atoms with Crippen molar-refractivity contribution >= 4 is 29.9 Å². The lowest BCUT2D eigenvalue weighted by Gasteiger charge is -2.11. The van der Waals surface area contributed by atoms with Crippen molar-refractivity contribution in [2.75, 3.05) is 13.1 Å². The summed E-state index contributed by atoms with van der Waals surface area (Å²) < 4.78 is 5.21. The fourth-order valence-electron chi connectivity index (χ4n) is 2.71. The fourth-order valence-corrected chi connectivity index (χ4v) is 2.94. The first kappa shape index (κ1) is 17.8. The zero-order valence-corrected chi connectivity index (χ0v) is 14.3. The lowest BCUT2D eigenvalue weighted by atomic mass is 10.1. The molecule has 0 aliphatic carbocycles. The number of hydrogen-bond acceptors (Lipinski definition) is 4. The van der Waals surface area contributed by atoms with E-state index >= 15 is 0 Å². The van der Waals surface area contributed by atoms with Crippen molar-refractivity contribution in [1.29, 1.82) is 0 Å². The highest BCUT2D eigenvalue weighted by atomic mass is 35.5. The molecule has 2 N–H and O–H groups in total. The van der Waals surface area contributed by atoms with Crippen molar-refractivity contribution in [3.8, 4) is 11.3 Å². The number of carbonyl (C=O) groups excluding carboxylic acids is 1. The average Bonchev–Trinajstić information content (AvgIpc) is 3.15. The van der Waals surface area contributed by atoms with E-state index in [9.17, 15) is 4.79 Å². The van der Waals surface area contributed by atoms with Gasteiger partial charge in [-0.15, -0.1) is 12.4 Å². The van der Waals surface area contributed by atoms with Crippen LogP contribution in [0.25, 0.3) is 11.3 Å². The van der Waals surface area contributed by atoms with Crippen LogP contribution >= 0.6 is 24.0 Å². The van der Waals surface area contributed by atoms with Crippen molar-refractivity contribution in [1.82, 2.24) is 15.8 Å². The maximum absolute atomic E-state index is 12.5. The quantitative estimate of drug-likeness (QED) is 0.883. The zero-order chi connectivity index (χ0) is 15.5. The highest BCUT2D eigenvalue weighted by Gasteiger charge is 2.24. The van der Waals surface area contributed by atoms with Gasteiger partial charge in [0.25, 0.3) is 5.91 Å². The molecule has 124 valence electrons. The summed E-state index contributed by atoms with van der Waals surface area (Å²) in [5.74, 6) is 0.314. The van der Waals surface area contributed by atoms with Gasteiger partial charge in [-0.1, -0.05) is 35.0 Å². The number of carbonyl (C=O) groups is 1. The zero-order valence-electron chi connectivity index (χ0n) is 12.8. The van der Waals surface area contributed by atoms with Crippen molar-refractivity contribution in [2.45, 2.75) is 25.8 Å². The van der Waals surface area contributed by atoms with Crippen LogP contribution in [0.5, 0.6) is 0 Å². The van der Waals surface area contributed by atoms with Crippen LogP contribution in [0.4, 0.5) is 0 Å². The molecule has 2 heterocycles. The molecule has 1 saturated heterocycles. The highest BCUT2D eigenvalue weighted by molar-refractivity contribution is 6.33. The first-order chi connectivity index (χ1) is 10.7. The van der Waals surface area contributed by atoms with Gasteiger partial charge in [0, 0.05) is 18.2 Å². The van der Waals surface area contributed by atoms with Crippen LogP contribution < -0.4 is 10.6 Å². The number of aromatic nitrogens is 1.